The van der Waals surface area contributed by atoms with E-state index in [4.69, 9.17) is 9.47 Å². The molecule has 2 aliphatic carbocycles. The van der Waals surface area contributed by atoms with E-state index in [0.717, 1.165) is 56.8 Å². The highest BCUT2D eigenvalue weighted by molar-refractivity contribution is 14.1. The minimum absolute atomic E-state index is 0.107. The highest BCUT2D eigenvalue weighted by Crippen LogP contribution is 2.55. The summed E-state index contributed by atoms with van der Waals surface area (Å²) in [5.74, 6) is 1.35. The van der Waals surface area contributed by atoms with Gasteiger partial charge >= 0.3 is 0 Å². The predicted octanol–water partition coefficient (Wildman–Crippen LogP) is 6.79. The predicted molar refractivity (Wildman–Crippen MR) is 147 cm³/mol. The summed E-state index contributed by atoms with van der Waals surface area (Å²) in [4.78, 5) is 29.9. The summed E-state index contributed by atoms with van der Waals surface area (Å²) in [6.07, 6.45) is 2.65. The zero-order chi connectivity index (χ0) is 25.7. The van der Waals surface area contributed by atoms with Gasteiger partial charge in [-0.15, -0.1) is 0 Å². The van der Waals surface area contributed by atoms with E-state index in [1.807, 2.05) is 19.9 Å². The van der Waals surface area contributed by atoms with Crippen molar-refractivity contribution >= 4 is 34.2 Å². The van der Waals surface area contributed by atoms with Gasteiger partial charge in [0.2, 0.25) is 0 Å². The molecule has 0 radical (unpaired) electrons. The van der Waals surface area contributed by atoms with E-state index in [-0.39, 0.29) is 28.3 Å². The molecule has 0 saturated carbocycles. The molecule has 0 N–H and O–H groups in total. The maximum atomic E-state index is 13.8. The summed E-state index contributed by atoms with van der Waals surface area (Å²) in [5, 5.41) is 0. The Morgan fingerprint density at radius 3 is 1.83 bits per heavy atom. The van der Waals surface area contributed by atoms with E-state index in [0.29, 0.717) is 31.8 Å². The monoisotopic (exact) mass is 591 g/mol. The number of carbonyl (C=O) groups excluding carboxylic acids is 2. The minimum atomic E-state index is -0.363. The van der Waals surface area contributed by atoms with Crippen LogP contribution in [0.4, 0.5) is 0 Å². The van der Waals surface area contributed by atoms with Crippen LogP contribution in [0.3, 0.4) is 0 Å². The van der Waals surface area contributed by atoms with Crippen molar-refractivity contribution in [1.29, 1.82) is 0 Å². The summed E-state index contributed by atoms with van der Waals surface area (Å²) in [6.45, 7) is 16.5. The lowest BCUT2D eigenvalue weighted by molar-refractivity contribution is -0.119. The molecular weight excluding hydrogens is 553 g/mol. The molecule has 1 aromatic rings. The van der Waals surface area contributed by atoms with Gasteiger partial charge in [0.1, 0.15) is 0 Å². The van der Waals surface area contributed by atoms with Crippen LogP contribution in [0.5, 0.6) is 11.5 Å². The fraction of sp³-hybridized carbons (Fsp3) is 0.586. The molecule has 1 heterocycles. The van der Waals surface area contributed by atoms with Crippen molar-refractivity contribution in [3.63, 3.8) is 0 Å². The van der Waals surface area contributed by atoms with Crippen LogP contribution in [-0.2, 0) is 9.59 Å². The maximum Gasteiger partial charge on any atom is 0.174 e. The lowest BCUT2D eigenvalue weighted by Crippen LogP contribution is -2.44. The fourth-order valence-electron chi connectivity index (χ4n) is 6.06. The zero-order valence-electron chi connectivity index (χ0n) is 22.1. The van der Waals surface area contributed by atoms with Crippen molar-refractivity contribution in [3.05, 3.63) is 43.8 Å². The SMILES string of the molecule is CCOc1cc(C2C3=C(CC(C)(C)CC3=O)N(CC)C3=C2C(=O)CC(C)(C)C3)cc(I)c1OCC. The first-order valence-electron chi connectivity index (χ1n) is 12.8. The van der Waals surface area contributed by atoms with Crippen LogP contribution >= 0.6 is 22.6 Å². The van der Waals surface area contributed by atoms with Gasteiger partial charge in [-0.1, -0.05) is 27.7 Å². The minimum Gasteiger partial charge on any atom is -0.490 e. The number of rotatable bonds is 6. The van der Waals surface area contributed by atoms with E-state index in [1.165, 1.54) is 0 Å². The maximum absolute atomic E-state index is 13.8. The van der Waals surface area contributed by atoms with E-state index in [9.17, 15) is 9.59 Å². The molecule has 0 fully saturated rings. The number of benzene rings is 1. The normalized spacial score (nSPS) is 21.8. The average molecular weight is 592 g/mol. The Kier molecular flexibility index (Phi) is 7.17. The van der Waals surface area contributed by atoms with Crippen LogP contribution in [0.2, 0.25) is 0 Å². The zero-order valence-corrected chi connectivity index (χ0v) is 24.3. The van der Waals surface area contributed by atoms with Crippen molar-refractivity contribution in [3.8, 4) is 11.5 Å². The van der Waals surface area contributed by atoms with Crippen LogP contribution < -0.4 is 9.47 Å². The van der Waals surface area contributed by atoms with Crippen molar-refractivity contribution in [2.24, 2.45) is 10.8 Å². The number of carbonyl (C=O) groups is 2. The Hall–Kier alpha value is -1.83. The van der Waals surface area contributed by atoms with Gasteiger partial charge in [-0.2, -0.15) is 0 Å². The molecule has 1 aromatic carbocycles. The van der Waals surface area contributed by atoms with Gasteiger partial charge in [0.15, 0.2) is 23.1 Å². The Labute approximate surface area is 223 Å². The fourth-order valence-corrected chi connectivity index (χ4v) is 6.85. The molecule has 4 rings (SSSR count). The van der Waals surface area contributed by atoms with Gasteiger partial charge in [-0.3, -0.25) is 9.59 Å². The van der Waals surface area contributed by atoms with E-state index < -0.39 is 0 Å². The Morgan fingerprint density at radius 2 is 1.37 bits per heavy atom. The molecule has 5 nitrogen and oxygen atoms in total. The van der Waals surface area contributed by atoms with E-state index >= 15 is 0 Å². The van der Waals surface area contributed by atoms with Crippen LogP contribution in [-0.4, -0.2) is 36.2 Å². The summed E-state index contributed by atoms with van der Waals surface area (Å²) in [6, 6.07) is 4.08. The van der Waals surface area contributed by atoms with Crippen molar-refractivity contribution in [2.45, 2.75) is 80.1 Å². The van der Waals surface area contributed by atoms with Gasteiger partial charge in [0.25, 0.3) is 0 Å². The molecule has 0 unspecified atom stereocenters. The van der Waals surface area contributed by atoms with Crippen molar-refractivity contribution < 1.29 is 19.1 Å². The van der Waals surface area contributed by atoms with Crippen molar-refractivity contribution in [2.75, 3.05) is 19.8 Å². The molecular formula is C29H38INO4. The quantitative estimate of drug-likeness (QED) is 0.341. The van der Waals surface area contributed by atoms with Crippen LogP contribution in [0.25, 0.3) is 0 Å². The molecule has 0 aromatic heterocycles. The number of Topliss-reactive ketones (excluding diaryl/α,β-unsaturated/α-hetero) is 2. The number of hydrogen-bond donors (Lipinski definition) is 0. The van der Waals surface area contributed by atoms with Crippen LogP contribution in [0, 0.1) is 14.4 Å². The molecule has 0 bridgehead atoms. The molecule has 1 aliphatic heterocycles. The van der Waals surface area contributed by atoms with Gasteiger partial charge in [-0.05, 0) is 84.7 Å². The molecule has 0 atom stereocenters. The second-order valence-electron chi connectivity index (χ2n) is 11.5. The highest BCUT2D eigenvalue weighted by Gasteiger charge is 2.48. The third kappa shape index (κ3) is 4.79. The first-order valence-corrected chi connectivity index (χ1v) is 13.9. The van der Waals surface area contributed by atoms with Crippen LogP contribution in [0.1, 0.15) is 85.6 Å². The number of ether oxygens (including phenoxy) is 2. The number of ketones is 2. The standard InChI is InChI=1S/C29H38INO4/c1-8-31-19-13-28(4,5)15-21(32)25(19)24(26-20(31)14-29(6,7)16-22(26)33)17-11-18(30)27(35-10-3)23(12-17)34-9-2/h11-12,24H,8-10,13-16H2,1-7H3. The lowest BCUT2D eigenvalue weighted by Gasteiger charge is -2.49. The number of halogens is 1. The third-order valence-electron chi connectivity index (χ3n) is 7.29. The lowest BCUT2D eigenvalue weighted by atomic mass is 9.63. The molecule has 190 valence electrons. The summed E-state index contributed by atoms with van der Waals surface area (Å²) in [7, 11) is 0. The largest absolute Gasteiger partial charge is 0.490 e. The van der Waals surface area contributed by atoms with Crippen molar-refractivity contribution in [1.82, 2.24) is 4.90 Å². The first-order chi connectivity index (χ1) is 16.4. The molecule has 6 heteroatoms. The Bertz CT molecular complexity index is 1070. The molecule has 0 saturated heterocycles. The van der Waals surface area contributed by atoms with Crippen LogP contribution in [0.15, 0.2) is 34.7 Å². The summed E-state index contributed by atoms with van der Waals surface area (Å²) in [5.41, 5.74) is 4.54. The molecule has 35 heavy (non-hydrogen) atoms. The molecule has 3 aliphatic rings. The second-order valence-corrected chi connectivity index (χ2v) is 12.6. The van der Waals surface area contributed by atoms with Gasteiger partial charge in [-0.25, -0.2) is 0 Å². The summed E-state index contributed by atoms with van der Waals surface area (Å²) < 4.78 is 12.8. The first kappa shape index (κ1) is 26.2. The van der Waals surface area contributed by atoms with E-state index in [1.54, 1.807) is 0 Å². The Balaban J connectivity index is 2.00. The van der Waals surface area contributed by atoms with Gasteiger partial charge in [0.05, 0.1) is 16.8 Å². The molecule has 0 amide bonds. The number of hydrogen-bond acceptors (Lipinski definition) is 5. The van der Waals surface area contributed by atoms with Gasteiger partial charge < -0.3 is 14.4 Å². The average Bonchev–Trinajstić information content (AvgIpc) is 2.73. The van der Waals surface area contributed by atoms with E-state index in [2.05, 4.69) is 68.2 Å². The topological polar surface area (TPSA) is 55.8 Å². The number of nitrogens with zero attached hydrogens (tertiary/aromatic N) is 1. The smallest absolute Gasteiger partial charge is 0.174 e. The Morgan fingerprint density at radius 1 is 0.857 bits per heavy atom. The second kappa shape index (κ2) is 9.56. The number of allylic oxidation sites excluding steroid dienone is 4. The summed E-state index contributed by atoms with van der Waals surface area (Å²) >= 11 is 2.28. The highest BCUT2D eigenvalue weighted by atomic mass is 127. The third-order valence-corrected chi connectivity index (χ3v) is 8.09. The van der Waals surface area contributed by atoms with Gasteiger partial charge in [0, 0.05) is 47.8 Å². The molecule has 0 spiro atoms.